The van der Waals surface area contributed by atoms with Crippen LogP contribution in [0.3, 0.4) is 0 Å². The fourth-order valence-corrected chi connectivity index (χ4v) is 5.66. The fraction of sp³-hybridized carbons (Fsp3) is 0.364. The van der Waals surface area contributed by atoms with Crippen LogP contribution in [0.15, 0.2) is 60.7 Å². The molecule has 1 saturated heterocycles. The van der Waals surface area contributed by atoms with Crippen LogP contribution in [-0.2, 0) is 29.0 Å². The van der Waals surface area contributed by atoms with Gasteiger partial charge in [0.05, 0.1) is 26.3 Å². The van der Waals surface area contributed by atoms with Crippen molar-refractivity contribution in [3.05, 3.63) is 82.9 Å². The molecular weight excluding hydrogens is 550 g/mol. The minimum Gasteiger partial charge on any atom is -0.493 e. The summed E-state index contributed by atoms with van der Waals surface area (Å²) in [5, 5.41) is 5.98. The Labute approximate surface area is 250 Å². The maximum absolute atomic E-state index is 13.6. The van der Waals surface area contributed by atoms with Gasteiger partial charge in [0.25, 0.3) is 11.8 Å². The molecule has 0 aliphatic carbocycles. The largest absolute Gasteiger partial charge is 0.493 e. The Balaban J connectivity index is 1.22. The van der Waals surface area contributed by atoms with Gasteiger partial charge < -0.3 is 34.5 Å². The lowest BCUT2D eigenvalue weighted by Gasteiger charge is -2.21. The third-order valence-electron chi connectivity index (χ3n) is 7.98. The number of likely N-dealkylation sites (tertiary alicyclic amines) is 1. The first-order chi connectivity index (χ1) is 20.9. The van der Waals surface area contributed by atoms with Gasteiger partial charge in [0.1, 0.15) is 17.6 Å². The summed E-state index contributed by atoms with van der Waals surface area (Å²) in [4.78, 5) is 41.0. The molecule has 0 saturated carbocycles. The van der Waals surface area contributed by atoms with Crippen LogP contribution in [0.1, 0.15) is 39.9 Å². The molecule has 3 aromatic rings. The molecule has 0 unspecified atom stereocenters. The van der Waals surface area contributed by atoms with Crippen LogP contribution in [-0.4, -0.2) is 68.2 Å². The average molecular weight is 586 g/mol. The molecule has 43 heavy (non-hydrogen) atoms. The van der Waals surface area contributed by atoms with Crippen molar-refractivity contribution in [3.8, 4) is 23.0 Å². The first-order valence-corrected chi connectivity index (χ1v) is 14.6. The Morgan fingerprint density at radius 1 is 0.884 bits per heavy atom. The summed E-state index contributed by atoms with van der Waals surface area (Å²) in [6.07, 6.45) is 2.04. The summed E-state index contributed by atoms with van der Waals surface area (Å²) in [6, 6.07) is 18.0. The van der Waals surface area contributed by atoms with E-state index in [1.54, 1.807) is 23.1 Å². The highest BCUT2D eigenvalue weighted by atomic mass is 16.5. The Hall–Kier alpha value is -4.73. The molecule has 1 fully saturated rings. The number of aryl methyl sites for hydroxylation is 2. The number of amides is 3. The zero-order valence-electron chi connectivity index (χ0n) is 24.1. The molecule has 0 spiro atoms. The van der Waals surface area contributed by atoms with E-state index in [0.717, 1.165) is 35.3 Å². The number of hydrogen-bond acceptors (Lipinski definition) is 7. The fourth-order valence-electron chi connectivity index (χ4n) is 5.66. The van der Waals surface area contributed by atoms with Crippen LogP contribution >= 0.6 is 0 Å². The Morgan fingerprint density at radius 3 is 2.56 bits per heavy atom. The number of carbonyl (C=O) groups is 3. The quantitative estimate of drug-likeness (QED) is 0.475. The number of hydrogen-bond donors (Lipinski definition) is 2. The SMILES string of the molecule is COc1ccc2cc1OCC(=O)NCc1ccc(cc1)O[C@H]1CN(C(=O)c3ccc4c(c3)CCCO4)C[C@@H]1NC(=O)CC2. The van der Waals surface area contributed by atoms with E-state index in [9.17, 15) is 14.4 Å². The maximum atomic E-state index is 13.6. The van der Waals surface area contributed by atoms with E-state index in [0.29, 0.717) is 55.5 Å². The summed E-state index contributed by atoms with van der Waals surface area (Å²) in [5.74, 6) is 1.86. The number of nitrogens with zero attached hydrogens (tertiary/aromatic N) is 1. The molecule has 2 atom stereocenters. The van der Waals surface area contributed by atoms with Gasteiger partial charge in [-0.15, -0.1) is 0 Å². The van der Waals surface area contributed by atoms with Gasteiger partial charge in [-0.05, 0) is 78.4 Å². The number of rotatable bonds is 2. The van der Waals surface area contributed by atoms with Crippen LogP contribution < -0.4 is 29.6 Å². The lowest BCUT2D eigenvalue weighted by atomic mass is 10.0. The smallest absolute Gasteiger partial charge is 0.258 e. The van der Waals surface area contributed by atoms with E-state index in [-0.39, 0.29) is 30.7 Å². The second-order valence-electron chi connectivity index (χ2n) is 11.0. The lowest BCUT2D eigenvalue weighted by Crippen LogP contribution is -2.45. The van der Waals surface area contributed by atoms with Gasteiger partial charge in [0, 0.05) is 25.1 Å². The highest BCUT2D eigenvalue weighted by molar-refractivity contribution is 5.95. The molecule has 10 nitrogen and oxygen atoms in total. The van der Waals surface area contributed by atoms with Gasteiger partial charge in [-0.1, -0.05) is 18.2 Å². The molecule has 0 aromatic heterocycles. The number of carbonyl (C=O) groups excluding carboxylic acids is 3. The van der Waals surface area contributed by atoms with E-state index in [1.165, 1.54) is 7.11 Å². The molecular formula is C33H35N3O7. The van der Waals surface area contributed by atoms with Gasteiger partial charge in [-0.2, -0.15) is 0 Å². The van der Waals surface area contributed by atoms with Crippen molar-refractivity contribution in [3.63, 3.8) is 0 Å². The van der Waals surface area contributed by atoms with Crippen molar-refractivity contribution in [1.29, 1.82) is 0 Å². The zero-order valence-corrected chi connectivity index (χ0v) is 24.1. The van der Waals surface area contributed by atoms with Crippen LogP contribution in [0.5, 0.6) is 23.0 Å². The number of benzene rings is 3. The van der Waals surface area contributed by atoms with Gasteiger partial charge in [-0.3, -0.25) is 14.4 Å². The Bertz CT molecular complexity index is 1510. The van der Waals surface area contributed by atoms with Crippen molar-refractivity contribution in [2.24, 2.45) is 0 Å². The topological polar surface area (TPSA) is 115 Å². The van der Waals surface area contributed by atoms with Crippen molar-refractivity contribution in [2.75, 3.05) is 33.4 Å². The minimum absolute atomic E-state index is 0.106. The van der Waals surface area contributed by atoms with Crippen molar-refractivity contribution in [1.82, 2.24) is 15.5 Å². The molecule has 10 heteroatoms. The van der Waals surface area contributed by atoms with Crippen molar-refractivity contribution < 1.29 is 33.3 Å². The van der Waals surface area contributed by atoms with E-state index in [2.05, 4.69) is 10.6 Å². The normalized spacial score (nSPS) is 20.4. The van der Waals surface area contributed by atoms with E-state index >= 15 is 0 Å². The third kappa shape index (κ3) is 6.69. The summed E-state index contributed by atoms with van der Waals surface area (Å²) in [5.41, 5.74) is 3.40. The number of fused-ring (bicyclic) bond motifs is 10. The second-order valence-corrected chi connectivity index (χ2v) is 11.0. The Morgan fingerprint density at radius 2 is 1.72 bits per heavy atom. The van der Waals surface area contributed by atoms with Crippen molar-refractivity contribution >= 4 is 17.7 Å². The second kappa shape index (κ2) is 12.6. The van der Waals surface area contributed by atoms with Gasteiger partial charge in [-0.25, -0.2) is 0 Å². The van der Waals surface area contributed by atoms with Gasteiger partial charge >= 0.3 is 0 Å². The third-order valence-corrected chi connectivity index (χ3v) is 7.98. The van der Waals surface area contributed by atoms with Crippen molar-refractivity contribution in [2.45, 2.75) is 44.4 Å². The molecule has 2 N–H and O–H groups in total. The summed E-state index contributed by atoms with van der Waals surface area (Å²) >= 11 is 0. The zero-order chi connectivity index (χ0) is 29.8. The van der Waals surface area contributed by atoms with E-state index in [1.807, 2.05) is 42.5 Å². The molecule has 224 valence electrons. The van der Waals surface area contributed by atoms with Crippen LogP contribution in [0.2, 0.25) is 0 Å². The van der Waals surface area contributed by atoms with Crippen LogP contribution in [0.25, 0.3) is 0 Å². The predicted molar refractivity (Wildman–Crippen MR) is 158 cm³/mol. The average Bonchev–Trinajstić information content (AvgIpc) is 3.42. The molecule has 4 aliphatic rings. The number of ether oxygens (including phenoxy) is 4. The van der Waals surface area contributed by atoms with Gasteiger partial charge in [0.15, 0.2) is 18.1 Å². The summed E-state index contributed by atoms with van der Waals surface area (Å²) in [7, 11) is 1.54. The van der Waals surface area contributed by atoms with Crippen LogP contribution in [0.4, 0.5) is 0 Å². The predicted octanol–water partition coefficient (Wildman–Crippen LogP) is 3.05. The van der Waals surface area contributed by atoms with Gasteiger partial charge in [0.2, 0.25) is 5.91 Å². The molecule has 0 radical (unpaired) electrons. The molecule has 7 rings (SSSR count). The number of methoxy groups -OCH3 is 1. The first-order valence-electron chi connectivity index (χ1n) is 14.6. The molecule has 4 aliphatic heterocycles. The standard InChI is InChI=1S/C33H35N3O7/c1-40-28-11-6-21-7-13-31(37)35-26-18-36(33(39)24-8-12-27-23(16-24)3-2-14-41-27)19-30(26)43-25-9-4-22(5-10-25)17-34-32(38)20-42-29(28)15-21/h4-6,8-12,15-16,26,30H,2-3,7,13-14,17-20H2,1H3,(H,34,38)(H,35,37)/t26-,30-/m0/s1. The number of nitrogens with one attached hydrogen (secondary N) is 2. The van der Waals surface area contributed by atoms with E-state index in [4.69, 9.17) is 18.9 Å². The highest BCUT2D eigenvalue weighted by Crippen LogP contribution is 2.30. The molecule has 3 amide bonds. The maximum Gasteiger partial charge on any atom is 0.258 e. The Kier molecular flexibility index (Phi) is 8.35. The summed E-state index contributed by atoms with van der Waals surface area (Å²) < 4.78 is 23.2. The monoisotopic (exact) mass is 585 g/mol. The van der Waals surface area contributed by atoms with Crippen LogP contribution in [0, 0.1) is 0 Å². The minimum atomic E-state index is -0.442. The molecule has 4 heterocycles. The molecule has 3 aromatic carbocycles. The lowest BCUT2D eigenvalue weighted by molar-refractivity contribution is -0.123. The summed E-state index contributed by atoms with van der Waals surface area (Å²) in [6.45, 7) is 1.51. The molecule has 4 bridgehead atoms. The highest BCUT2D eigenvalue weighted by Gasteiger charge is 2.38. The first kappa shape index (κ1) is 28.4. The van der Waals surface area contributed by atoms with E-state index < -0.39 is 12.1 Å².